The van der Waals surface area contributed by atoms with E-state index in [2.05, 4.69) is 72.8 Å². The second-order valence-corrected chi connectivity index (χ2v) is 30.5. The number of rotatable bonds is 113. The van der Waals surface area contributed by atoms with Crippen LogP contribution in [0.4, 0.5) is 0 Å². The van der Waals surface area contributed by atoms with Crippen molar-refractivity contribution in [1.29, 1.82) is 0 Å². The fourth-order valence-corrected chi connectivity index (χ4v) is 13.4. The first-order valence-electron chi connectivity index (χ1n) is 47.2. The van der Waals surface area contributed by atoms with Gasteiger partial charge in [0.2, 0.25) is 0 Å². The van der Waals surface area contributed by atoms with Gasteiger partial charge in [-0.1, -0.05) is 82.3 Å². The molecule has 4 aromatic rings. The lowest BCUT2D eigenvalue weighted by Gasteiger charge is -2.16. The summed E-state index contributed by atoms with van der Waals surface area (Å²) in [5.74, 6) is 3.18. The summed E-state index contributed by atoms with van der Waals surface area (Å²) in [5.41, 5.74) is 2.29. The van der Waals surface area contributed by atoms with Crippen molar-refractivity contribution in [2.24, 2.45) is 0 Å². The summed E-state index contributed by atoms with van der Waals surface area (Å²) in [6.07, 6.45) is 0. The SMILES string of the molecule is OCCOCCOCCOCCOCCOCCOCCOCCOCCOCCOCCOCCOCCOCCOCCOCCOCCOCCOc1ccc2ccccc2c1CSSCc1c(OCCOCCOCCOCCOCCOCCOCCOCCOCCOCCOCCOCCOCCOCCOCCOCCOCCOCCO)ccc2ccccc12. The van der Waals surface area contributed by atoms with Crippen LogP contribution in [-0.4, -0.2) is 486 Å². The molecule has 0 saturated heterocycles. The molecule has 0 aliphatic heterocycles. The van der Waals surface area contributed by atoms with Crippen molar-refractivity contribution in [2.75, 3.05) is 476 Å². The van der Waals surface area contributed by atoms with Crippen LogP contribution in [0, 0.1) is 0 Å². The number of hydrogen-bond acceptors (Lipinski definition) is 40. The molecule has 0 bridgehead atoms. The summed E-state index contributed by atoms with van der Waals surface area (Å²) >= 11 is 0. The Morgan fingerprint density at radius 2 is 0.269 bits per heavy atom. The molecule has 4 aromatic carbocycles. The molecule has 0 aromatic heterocycles. The van der Waals surface area contributed by atoms with E-state index in [0.717, 1.165) is 44.9 Å². The lowest BCUT2D eigenvalue weighted by molar-refractivity contribution is -0.0309. The van der Waals surface area contributed by atoms with Gasteiger partial charge in [-0.25, -0.2) is 0 Å². The van der Waals surface area contributed by atoms with Crippen molar-refractivity contribution in [3.05, 3.63) is 83.9 Å². The first kappa shape index (κ1) is 123. The first-order chi connectivity index (χ1) is 66.8. The van der Waals surface area contributed by atoms with Crippen LogP contribution in [0.1, 0.15) is 11.1 Å². The van der Waals surface area contributed by atoms with Crippen LogP contribution in [0.2, 0.25) is 0 Å². The van der Waals surface area contributed by atoms with E-state index in [9.17, 15) is 0 Å². The summed E-state index contributed by atoms with van der Waals surface area (Å²) in [6.45, 7) is 32.7. The minimum atomic E-state index is 0.0139. The average Bonchev–Trinajstić information content (AvgIpc) is 0.809. The summed E-state index contributed by atoms with van der Waals surface area (Å²) in [7, 11) is 3.59. The Bertz CT molecular complexity index is 2840. The lowest BCUT2D eigenvalue weighted by atomic mass is 10.0. The van der Waals surface area contributed by atoms with E-state index >= 15 is 0 Å². The van der Waals surface area contributed by atoms with Crippen LogP contribution in [0.25, 0.3) is 21.5 Å². The maximum absolute atomic E-state index is 8.64. The number of aliphatic hydroxyl groups is 2. The van der Waals surface area contributed by atoms with Crippen LogP contribution >= 0.6 is 21.6 Å². The zero-order chi connectivity index (χ0) is 94.3. The van der Waals surface area contributed by atoms with Crippen LogP contribution in [0.5, 0.6) is 11.5 Å². The van der Waals surface area contributed by atoms with Crippen molar-refractivity contribution in [3.8, 4) is 11.5 Å². The van der Waals surface area contributed by atoms with Crippen molar-refractivity contribution < 1.29 is 181 Å². The molecular weight excluding hydrogens is 1800 g/mol. The van der Waals surface area contributed by atoms with Gasteiger partial charge >= 0.3 is 0 Å². The highest BCUT2D eigenvalue weighted by atomic mass is 33.1. The smallest absolute Gasteiger partial charge is 0.124 e. The van der Waals surface area contributed by atoms with E-state index in [0.29, 0.717) is 462 Å². The molecule has 0 aliphatic rings. The molecule has 40 heteroatoms. The topological polar surface area (TPSA) is 373 Å². The second kappa shape index (κ2) is 102. The van der Waals surface area contributed by atoms with E-state index in [1.165, 1.54) is 10.8 Å². The Labute approximate surface area is 802 Å². The number of aliphatic hydroxyl groups excluding tert-OH is 2. The quantitative estimate of drug-likeness (QED) is 0.0357. The maximum Gasteiger partial charge on any atom is 0.124 e. The molecule has 0 saturated carbocycles. The van der Waals surface area contributed by atoms with Gasteiger partial charge in [0.05, 0.1) is 462 Å². The largest absolute Gasteiger partial charge is 0.491 e. The van der Waals surface area contributed by atoms with Crippen molar-refractivity contribution in [1.82, 2.24) is 0 Å². The highest BCUT2D eigenvalue weighted by molar-refractivity contribution is 8.76. The first-order valence-corrected chi connectivity index (χ1v) is 49.7. The van der Waals surface area contributed by atoms with Gasteiger partial charge in [0.25, 0.3) is 0 Å². The highest BCUT2D eigenvalue weighted by Crippen LogP contribution is 2.40. The molecular formula is C94H162O38S2. The summed E-state index contributed by atoms with van der Waals surface area (Å²) in [6, 6.07) is 25.2. The number of ether oxygens (including phenoxy) is 36. The van der Waals surface area contributed by atoms with Gasteiger partial charge in [-0.2, -0.15) is 0 Å². The van der Waals surface area contributed by atoms with Gasteiger partial charge in [0.15, 0.2) is 0 Å². The third-order valence-electron chi connectivity index (χ3n) is 17.8. The Morgan fingerprint density at radius 3 is 0.410 bits per heavy atom. The van der Waals surface area contributed by atoms with Crippen LogP contribution in [0.15, 0.2) is 72.8 Å². The number of benzene rings is 4. The van der Waals surface area contributed by atoms with E-state index in [4.69, 9.17) is 181 Å². The van der Waals surface area contributed by atoms with E-state index < -0.39 is 0 Å². The van der Waals surface area contributed by atoms with Gasteiger partial charge in [0.1, 0.15) is 24.7 Å². The molecule has 0 fully saturated rings. The van der Waals surface area contributed by atoms with Crippen molar-refractivity contribution in [2.45, 2.75) is 11.5 Å². The predicted octanol–water partition coefficient (Wildman–Crippen LogP) is 6.38. The Kier molecular flexibility index (Phi) is 93.5. The molecule has 4 rings (SSSR count). The fourth-order valence-electron chi connectivity index (χ4n) is 11.2. The third-order valence-corrected chi connectivity index (χ3v) is 20.0. The van der Waals surface area contributed by atoms with Gasteiger partial charge < -0.3 is 181 Å². The van der Waals surface area contributed by atoms with Gasteiger partial charge in [-0.3, -0.25) is 0 Å². The van der Waals surface area contributed by atoms with Crippen LogP contribution in [-0.2, 0) is 173 Å². The zero-order valence-corrected chi connectivity index (χ0v) is 81.3. The molecule has 0 spiro atoms. The minimum Gasteiger partial charge on any atom is -0.491 e. The Morgan fingerprint density at radius 1 is 0.142 bits per heavy atom. The summed E-state index contributed by atoms with van der Waals surface area (Å²) in [5, 5.41) is 21.9. The minimum absolute atomic E-state index is 0.0139. The third kappa shape index (κ3) is 79.9. The molecule has 0 radical (unpaired) electrons. The summed E-state index contributed by atoms with van der Waals surface area (Å²) in [4.78, 5) is 0. The van der Waals surface area contributed by atoms with Gasteiger partial charge in [-0.05, 0) is 33.7 Å². The Balaban J connectivity index is 0.821. The number of fused-ring (bicyclic) bond motifs is 2. The van der Waals surface area contributed by atoms with Crippen molar-refractivity contribution in [3.63, 3.8) is 0 Å². The molecule has 134 heavy (non-hydrogen) atoms. The molecule has 38 nitrogen and oxygen atoms in total. The van der Waals surface area contributed by atoms with E-state index in [-0.39, 0.29) is 13.2 Å². The van der Waals surface area contributed by atoms with Gasteiger partial charge in [-0.15, -0.1) is 0 Å². The predicted molar refractivity (Wildman–Crippen MR) is 503 cm³/mol. The molecule has 2 N–H and O–H groups in total. The average molecular weight is 1960 g/mol. The highest BCUT2D eigenvalue weighted by Gasteiger charge is 2.15. The molecule has 0 heterocycles. The fraction of sp³-hybridized carbons (Fsp3) is 0.787. The molecule has 0 unspecified atom stereocenters. The van der Waals surface area contributed by atoms with Crippen LogP contribution < -0.4 is 9.47 Å². The number of hydrogen-bond donors (Lipinski definition) is 2. The van der Waals surface area contributed by atoms with E-state index in [1.807, 2.05) is 0 Å². The summed E-state index contributed by atoms with van der Waals surface area (Å²) < 4.78 is 201. The Hall–Kier alpha value is -3.74. The maximum atomic E-state index is 8.64. The monoisotopic (exact) mass is 1960 g/mol. The van der Waals surface area contributed by atoms with Crippen molar-refractivity contribution >= 4 is 43.1 Å². The molecule has 0 aliphatic carbocycles. The van der Waals surface area contributed by atoms with Crippen LogP contribution in [0.3, 0.4) is 0 Å². The van der Waals surface area contributed by atoms with Gasteiger partial charge in [0, 0.05) is 22.6 Å². The normalized spacial score (nSPS) is 11.8. The second-order valence-electron chi connectivity index (χ2n) is 28.0. The van der Waals surface area contributed by atoms with E-state index in [1.54, 1.807) is 21.6 Å². The zero-order valence-electron chi connectivity index (χ0n) is 79.7. The molecule has 778 valence electrons. The molecule has 0 atom stereocenters. The lowest BCUT2D eigenvalue weighted by Crippen LogP contribution is -2.16. The molecule has 0 amide bonds. The standard InChI is InChI=1S/C94H162O38S2/c95-13-15-97-17-19-99-21-23-101-25-27-103-29-31-105-33-35-107-37-39-109-41-43-111-45-47-113-49-51-115-53-55-117-57-59-119-61-63-121-65-67-123-69-71-125-73-75-127-77-79-129-81-83-131-93-11-9-87-5-1-3-7-89(87)91(93)85-133-134-86-92-90-8-4-2-6-88(90)10-12-94(92)132-84-82-130-80-78-128-76-74-126-72-70-124-68-66-122-64-62-120-60-58-118-56-54-116-52-50-114-48-46-112-44-42-110-40-38-108-36-34-106-32-30-104-28-26-102-24-22-100-20-18-98-16-14-96/h1-12,95-96H,13-86H2.